The van der Waals surface area contributed by atoms with Gasteiger partial charge >= 0.3 is 0 Å². The van der Waals surface area contributed by atoms with Crippen LogP contribution < -0.4 is 4.90 Å². The first-order chi connectivity index (χ1) is 12.1. The molecule has 2 aromatic carbocycles. The molecule has 0 spiro atoms. The van der Waals surface area contributed by atoms with E-state index in [0.29, 0.717) is 13.1 Å². The number of nitrogens with zero attached hydrogens (tertiary/aromatic N) is 3. The van der Waals surface area contributed by atoms with Crippen molar-refractivity contribution in [1.29, 1.82) is 0 Å². The van der Waals surface area contributed by atoms with Crippen molar-refractivity contribution in [3.8, 4) is 0 Å². The van der Waals surface area contributed by atoms with Gasteiger partial charge in [0.25, 0.3) is 0 Å². The lowest BCUT2D eigenvalue weighted by molar-refractivity contribution is -0.119. The molecule has 1 amide bonds. The summed E-state index contributed by atoms with van der Waals surface area (Å²) in [7, 11) is 1.98. The fourth-order valence-corrected chi connectivity index (χ4v) is 3.89. The van der Waals surface area contributed by atoms with E-state index in [1.54, 1.807) is 16.2 Å². The number of anilines is 1. The highest BCUT2D eigenvalue weighted by atomic mass is 32.1. The first-order valence-corrected chi connectivity index (χ1v) is 9.29. The summed E-state index contributed by atoms with van der Waals surface area (Å²) in [6, 6.07) is 16.3. The van der Waals surface area contributed by atoms with Crippen LogP contribution in [0.15, 0.2) is 48.5 Å². The molecule has 0 radical (unpaired) electrons. The van der Waals surface area contributed by atoms with Crippen LogP contribution in [0.4, 0.5) is 5.13 Å². The number of likely N-dealkylation sites (N-methyl/N-ethyl adjacent to an activating group) is 2. The Kier molecular flexibility index (Phi) is 5.46. The Morgan fingerprint density at radius 3 is 2.56 bits per heavy atom. The molecular weight excluding hydrogens is 330 g/mol. The molecule has 0 fully saturated rings. The van der Waals surface area contributed by atoms with Gasteiger partial charge in [-0.2, -0.15) is 0 Å². The molecule has 3 aromatic rings. The van der Waals surface area contributed by atoms with E-state index in [4.69, 9.17) is 0 Å². The molecule has 0 aliphatic carbocycles. The summed E-state index contributed by atoms with van der Waals surface area (Å²) in [4.78, 5) is 21.2. The van der Waals surface area contributed by atoms with Gasteiger partial charge in [0.1, 0.15) is 0 Å². The van der Waals surface area contributed by atoms with Gasteiger partial charge < -0.3 is 0 Å². The molecule has 1 heterocycles. The van der Waals surface area contributed by atoms with Gasteiger partial charge in [0.2, 0.25) is 5.91 Å². The van der Waals surface area contributed by atoms with E-state index in [1.165, 1.54) is 11.1 Å². The fraction of sp³-hybridized carbons (Fsp3) is 0.300. The van der Waals surface area contributed by atoms with Crippen molar-refractivity contribution in [2.45, 2.75) is 20.4 Å². The zero-order valence-corrected chi connectivity index (χ0v) is 15.7. The second-order valence-electron chi connectivity index (χ2n) is 6.20. The molecule has 5 heteroatoms. The van der Waals surface area contributed by atoms with Crippen LogP contribution in [0.3, 0.4) is 0 Å². The Balaban J connectivity index is 1.70. The van der Waals surface area contributed by atoms with Gasteiger partial charge in [-0.15, -0.1) is 0 Å². The molecular formula is C20H23N3OS. The lowest BCUT2D eigenvalue weighted by atomic mass is 10.1. The second-order valence-corrected chi connectivity index (χ2v) is 7.21. The van der Waals surface area contributed by atoms with Crippen LogP contribution in [0.2, 0.25) is 0 Å². The molecule has 0 unspecified atom stereocenters. The third-order valence-corrected chi connectivity index (χ3v) is 5.30. The van der Waals surface area contributed by atoms with Crippen LogP contribution in [0.1, 0.15) is 18.1 Å². The summed E-state index contributed by atoms with van der Waals surface area (Å²) in [5.41, 5.74) is 3.45. The Morgan fingerprint density at radius 2 is 1.84 bits per heavy atom. The first kappa shape index (κ1) is 17.6. The summed E-state index contributed by atoms with van der Waals surface area (Å²) in [5, 5.41) is 0.776. The van der Waals surface area contributed by atoms with E-state index in [9.17, 15) is 4.79 Å². The number of thiazole rings is 1. The monoisotopic (exact) mass is 353 g/mol. The van der Waals surface area contributed by atoms with Gasteiger partial charge in [-0.25, -0.2) is 4.98 Å². The Morgan fingerprint density at radius 1 is 1.12 bits per heavy atom. The maximum absolute atomic E-state index is 12.8. The number of carbonyl (C=O) groups excluding carboxylic acids is 1. The predicted octanol–water partition coefficient (Wildman–Crippen LogP) is 4.09. The van der Waals surface area contributed by atoms with Crippen LogP contribution >= 0.6 is 11.3 Å². The third kappa shape index (κ3) is 4.06. The van der Waals surface area contributed by atoms with Gasteiger partial charge in [-0.1, -0.05) is 47.7 Å². The normalized spacial score (nSPS) is 11.2. The number of benzene rings is 2. The summed E-state index contributed by atoms with van der Waals surface area (Å²) in [6.07, 6.45) is 0. The van der Waals surface area contributed by atoms with Crippen LogP contribution in [0.5, 0.6) is 0 Å². The minimum atomic E-state index is 0.0811. The minimum Gasteiger partial charge on any atom is -0.293 e. The number of carbonyl (C=O) groups is 1. The minimum absolute atomic E-state index is 0.0811. The summed E-state index contributed by atoms with van der Waals surface area (Å²) in [6.45, 7) is 5.85. The molecule has 0 saturated carbocycles. The van der Waals surface area contributed by atoms with Crippen LogP contribution in [0, 0.1) is 6.92 Å². The van der Waals surface area contributed by atoms with Crippen LogP contribution in [-0.4, -0.2) is 35.9 Å². The lowest BCUT2D eigenvalue weighted by Gasteiger charge is -2.22. The van der Waals surface area contributed by atoms with Gasteiger partial charge in [-0.3, -0.25) is 14.6 Å². The van der Waals surface area contributed by atoms with Gasteiger partial charge in [-0.05, 0) is 44.2 Å². The van der Waals surface area contributed by atoms with E-state index in [0.717, 1.165) is 21.9 Å². The lowest BCUT2D eigenvalue weighted by Crippen LogP contribution is -2.38. The first-order valence-electron chi connectivity index (χ1n) is 8.47. The average Bonchev–Trinajstić information content (AvgIpc) is 3.01. The van der Waals surface area contributed by atoms with Crippen LogP contribution in [0.25, 0.3) is 10.2 Å². The molecule has 0 aliphatic heterocycles. The molecule has 4 nitrogen and oxygen atoms in total. The SMILES string of the molecule is CCN(C(=O)CN(C)Cc1ccccc1C)c1nc2ccccc2s1. The number of rotatable bonds is 6. The van der Waals surface area contributed by atoms with Crippen molar-refractivity contribution < 1.29 is 4.79 Å². The number of aryl methyl sites for hydroxylation is 1. The molecule has 0 saturated heterocycles. The van der Waals surface area contributed by atoms with Gasteiger partial charge in [0.05, 0.1) is 16.8 Å². The molecule has 25 heavy (non-hydrogen) atoms. The standard InChI is InChI=1S/C20H23N3OS/c1-4-23(20-21-17-11-7-8-12-18(17)25-20)19(24)14-22(3)13-16-10-6-5-9-15(16)2/h5-12H,4,13-14H2,1-3H3. The fourth-order valence-electron chi connectivity index (χ4n) is 2.84. The van der Waals surface area contributed by atoms with Crippen molar-refractivity contribution in [2.24, 2.45) is 0 Å². The smallest absolute Gasteiger partial charge is 0.242 e. The number of para-hydroxylation sites is 1. The maximum atomic E-state index is 12.8. The van der Waals surface area contributed by atoms with Crippen molar-refractivity contribution in [2.75, 3.05) is 25.0 Å². The van der Waals surface area contributed by atoms with E-state index < -0.39 is 0 Å². The molecule has 3 rings (SSSR count). The van der Waals surface area contributed by atoms with E-state index in [1.807, 2.05) is 50.4 Å². The van der Waals surface area contributed by atoms with Crippen molar-refractivity contribution in [1.82, 2.24) is 9.88 Å². The summed E-state index contributed by atoms with van der Waals surface area (Å²) < 4.78 is 1.11. The molecule has 130 valence electrons. The van der Waals surface area contributed by atoms with E-state index >= 15 is 0 Å². The molecule has 0 N–H and O–H groups in total. The quantitative estimate of drug-likeness (QED) is 0.670. The third-order valence-electron chi connectivity index (χ3n) is 4.24. The molecule has 1 aromatic heterocycles. The maximum Gasteiger partial charge on any atom is 0.242 e. The Hall–Kier alpha value is -2.24. The number of hydrogen-bond donors (Lipinski definition) is 0. The largest absolute Gasteiger partial charge is 0.293 e. The average molecular weight is 353 g/mol. The van der Waals surface area contributed by atoms with Crippen molar-refractivity contribution >= 4 is 32.6 Å². The van der Waals surface area contributed by atoms with Crippen molar-refractivity contribution in [3.05, 3.63) is 59.7 Å². The number of aromatic nitrogens is 1. The highest BCUT2D eigenvalue weighted by Gasteiger charge is 2.19. The number of amides is 1. The summed E-state index contributed by atoms with van der Waals surface area (Å²) >= 11 is 1.57. The summed E-state index contributed by atoms with van der Waals surface area (Å²) in [5.74, 6) is 0.0811. The Labute approximate surface area is 152 Å². The molecule has 0 bridgehead atoms. The van der Waals surface area contributed by atoms with E-state index in [-0.39, 0.29) is 5.91 Å². The van der Waals surface area contributed by atoms with Gasteiger partial charge in [0.15, 0.2) is 5.13 Å². The van der Waals surface area contributed by atoms with E-state index in [2.05, 4.69) is 28.9 Å². The molecule has 0 aliphatic rings. The van der Waals surface area contributed by atoms with Crippen LogP contribution in [-0.2, 0) is 11.3 Å². The Bertz CT molecular complexity index is 841. The highest BCUT2D eigenvalue weighted by Crippen LogP contribution is 2.28. The second kappa shape index (κ2) is 7.76. The number of fused-ring (bicyclic) bond motifs is 1. The van der Waals surface area contributed by atoms with Crippen molar-refractivity contribution in [3.63, 3.8) is 0 Å². The highest BCUT2D eigenvalue weighted by molar-refractivity contribution is 7.22. The predicted molar refractivity (Wildman–Crippen MR) is 105 cm³/mol. The topological polar surface area (TPSA) is 36.4 Å². The number of hydrogen-bond acceptors (Lipinski definition) is 4. The zero-order valence-electron chi connectivity index (χ0n) is 14.9. The van der Waals surface area contributed by atoms with Gasteiger partial charge in [0, 0.05) is 13.1 Å². The molecule has 0 atom stereocenters. The zero-order chi connectivity index (χ0) is 17.8.